The average Bonchev–Trinajstić information content (AvgIpc) is 2.84. The van der Waals surface area contributed by atoms with Crippen molar-refractivity contribution in [1.29, 1.82) is 0 Å². The molecule has 0 atom stereocenters. The first-order valence-electron chi connectivity index (χ1n) is 11.6. The molecule has 3 aromatic carbocycles. The number of allylic oxidation sites excluding steroid dienone is 1. The minimum Gasteiger partial charge on any atom is -0.429 e. The molecular weight excluding hydrogens is 459 g/mol. The topological polar surface area (TPSA) is 9.23 Å². The van der Waals surface area contributed by atoms with Gasteiger partial charge in [-0.2, -0.15) is 8.78 Å². The van der Waals surface area contributed by atoms with E-state index in [1.807, 2.05) is 18.2 Å². The number of ether oxygens (including phenoxy) is 1. The first-order valence-corrected chi connectivity index (χ1v) is 11.6. The largest absolute Gasteiger partial charge is 0.429 e. The normalized spacial score (nSPS) is 17.8. The van der Waals surface area contributed by atoms with E-state index in [1.54, 1.807) is 12.1 Å². The van der Waals surface area contributed by atoms with Crippen LogP contribution in [0.1, 0.15) is 61.1 Å². The van der Waals surface area contributed by atoms with Gasteiger partial charge in [0.1, 0.15) is 5.82 Å². The molecular formula is C29H25F5O. The van der Waals surface area contributed by atoms with Crippen LogP contribution in [0.5, 0.6) is 5.75 Å². The number of alkyl halides is 2. The predicted molar refractivity (Wildman–Crippen MR) is 127 cm³/mol. The Morgan fingerprint density at radius 2 is 1.66 bits per heavy atom. The fourth-order valence-corrected chi connectivity index (χ4v) is 4.77. The monoisotopic (exact) mass is 484 g/mol. The molecule has 0 aliphatic heterocycles. The Bertz CT molecular complexity index is 1260. The fraction of sp³-hybridized carbons (Fsp3) is 0.310. The van der Waals surface area contributed by atoms with Gasteiger partial charge in [-0.25, -0.2) is 13.2 Å². The maximum absolute atomic E-state index is 15.1. The van der Waals surface area contributed by atoms with Crippen LogP contribution in [0.2, 0.25) is 0 Å². The second-order valence-corrected chi connectivity index (χ2v) is 8.89. The van der Waals surface area contributed by atoms with Gasteiger partial charge in [0.05, 0.1) is 5.56 Å². The SMILES string of the molecule is C=CCCC1CCC(c2ccc3c(F)c(C#Cc4cc(F)c(OC(F)F)c(F)c4)ccc3c2)CC1. The molecule has 0 amide bonds. The summed E-state index contributed by atoms with van der Waals surface area (Å²) in [6.45, 7) is 0.438. The summed E-state index contributed by atoms with van der Waals surface area (Å²) >= 11 is 0. The maximum Gasteiger partial charge on any atom is 0.387 e. The lowest BCUT2D eigenvalue weighted by atomic mass is 9.77. The van der Waals surface area contributed by atoms with Gasteiger partial charge in [0.15, 0.2) is 17.4 Å². The van der Waals surface area contributed by atoms with Gasteiger partial charge >= 0.3 is 6.61 Å². The van der Waals surface area contributed by atoms with Crippen molar-refractivity contribution in [3.63, 3.8) is 0 Å². The zero-order valence-electron chi connectivity index (χ0n) is 19.1. The minimum atomic E-state index is -3.36. The summed E-state index contributed by atoms with van der Waals surface area (Å²) in [5.41, 5.74) is 1.15. The highest BCUT2D eigenvalue weighted by Crippen LogP contribution is 2.38. The molecule has 0 bridgehead atoms. The van der Waals surface area contributed by atoms with Crippen LogP contribution >= 0.6 is 0 Å². The lowest BCUT2D eigenvalue weighted by molar-refractivity contribution is -0.0546. The van der Waals surface area contributed by atoms with E-state index in [1.165, 1.54) is 30.9 Å². The lowest BCUT2D eigenvalue weighted by Gasteiger charge is -2.28. The summed E-state index contributed by atoms with van der Waals surface area (Å²) in [5.74, 6) is 1.97. The summed E-state index contributed by atoms with van der Waals surface area (Å²) in [5, 5.41) is 1.18. The summed E-state index contributed by atoms with van der Waals surface area (Å²) in [7, 11) is 0. The quantitative estimate of drug-likeness (QED) is 0.194. The zero-order valence-corrected chi connectivity index (χ0v) is 19.1. The first kappa shape index (κ1) is 24.8. The molecule has 0 unspecified atom stereocenters. The van der Waals surface area contributed by atoms with Crippen LogP contribution in [0, 0.1) is 35.2 Å². The Morgan fingerprint density at radius 3 is 2.31 bits per heavy atom. The summed E-state index contributed by atoms with van der Waals surface area (Å²) in [6.07, 6.45) is 8.83. The third kappa shape index (κ3) is 5.85. The standard InChI is InChI=1S/C29H25F5O/c1-2-3-4-18-5-8-20(9-6-18)22-13-14-24-23(17-22)12-11-21(27(24)32)10-7-19-15-25(30)28(26(31)16-19)35-29(33)34/h2,11-18,20,29H,1,3-6,8-9H2. The molecule has 35 heavy (non-hydrogen) atoms. The molecule has 4 rings (SSSR count). The van der Waals surface area contributed by atoms with E-state index in [0.717, 1.165) is 42.7 Å². The van der Waals surface area contributed by atoms with Gasteiger partial charge in [0, 0.05) is 10.9 Å². The summed E-state index contributed by atoms with van der Waals surface area (Å²) in [4.78, 5) is 0. The van der Waals surface area contributed by atoms with Gasteiger partial charge in [-0.05, 0) is 79.5 Å². The number of hydrogen-bond acceptors (Lipinski definition) is 1. The second kappa shape index (κ2) is 10.9. The van der Waals surface area contributed by atoms with Crippen LogP contribution in [0.3, 0.4) is 0 Å². The van der Waals surface area contributed by atoms with Gasteiger partial charge in [-0.15, -0.1) is 6.58 Å². The van der Waals surface area contributed by atoms with Crippen LogP contribution in [0.4, 0.5) is 22.0 Å². The molecule has 0 spiro atoms. The Hall–Kier alpha value is -3.33. The van der Waals surface area contributed by atoms with E-state index in [0.29, 0.717) is 11.3 Å². The highest BCUT2D eigenvalue weighted by atomic mass is 19.3. The zero-order chi connectivity index (χ0) is 24.9. The molecule has 0 N–H and O–H groups in total. The molecule has 0 saturated heterocycles. The fourth-order valence-electron chi connectivity index (χ4n) is 4.77. The van der Waals surface area contributed by atoms with E-state index in [9.17, 15) is 17.6 Å². The Kier molecular flexibility index (Phi) is 7.75. The van der Waals surface area contributed by atoms with E-state index in [4.69, 9.17) is 0 Å². The smallest absolute Gasteiger partial charge is 0.387 e. The van der Waals surface area contributed by atoms with E-state index < -0.39 is 29.8 Å². The number of rotatable bonds is 6. The van der Waals surface area contributed by atoms with Crippen molar-refractivity contribution in [3.05, 3.63) is 89.3 Å². The summed E-state index contributed by atoms with van der Waals surface area (Å²) < 4.78 is 71.3. The highest BCUT2D eigenvalue weighted by Gasteiger charge is 2.22. The van der Waals surface area contributed by atoms with Crippen LogP contribution < -0.4 is 4.74 Å². The van der Waals surface area contributed by atoms with Gasteiger partial charge in [-0.3, -0.25) is 0 Å². The van der Waals surface area contributed by atoms with Gasteiger partial charge in [0.2, 0.25) is 0 Å². The van der Waals surface area contributed by atoms with Crippen LogP contribution in [0.15, 0.2) is 55.1 Å². The Morgan fingerprint density at radius 1 is 0.943 bits per heavy atom. The molecule has 0 radical (unpaired) electrons. The molecule has 182 valence electrons. The average molecular weight is 485 g/mol. The van der Waals surface area contributed by atoms with Crippen molar-refractivity contribution >= 4 is 10.8 Å². The van der Waals surface area contributed by atoms with Crippen molar-refractivity contribution in [2.24, 2.45) is 5.92 Å². The van der Waals surface area contributed by atoms with E-state index >= 15 is 4.39 Å². The molecule has 0 aromatic heterocycles. The van der Waals surface area contributed by atoms with Crippen LogP contribution in [-0.2, 0) is 0 Å². The molecule has 1 aliphatic rings. The molecule has 0 heterocycles. The number of benzene rings is 3. The van der Waals surface area contributed by atoms with Crippen molar-refractivity contribution in [2.75, 3.05) is 0 Å². The third-order valence-corrected chi connectivity index (χ3v) is 6.62. The number of halogens is 5. The Balaban J connectivity index is 1.53. The minimum absolute atomic E-state index is 0.0710. The lowest BCUT2D eigenvalue weighted by Crippen LogP contribution is -2.13. The molecule has 1 fully saturated rings. The van der Waals surface area contributed by atoms with Crippen molar-refractivity contribution < 1.29 is 26.7 Å². The molecule has 6 heteroatoms. The summed E-state index contributed by atoms with van der Waals surface area (Å²) in [6, 6.07) is 10.6. The molecule has 1 nitrogen and oxygen atoms in total. The van der Waals surface area contributed by atoms with Crippen molar-refractivity contribution in [2.45, 2.75) is 51.1 Å². The van der Waals surface area contributed by atoms with Crippen molar-refractivity contribution in [1.82, 2.24) is 0 Å². The predicted octanol–water partition coefficient (Wildman–Crippen LogP) is 8.50. The Labute approximate surface area is 201 Å². The van der Waals surface area contributed by atoms with Crippen LogP contribution in [0.25, 0.3) is 10.8 Å². The van der Waals surface area contributed by atoms with Gasteiger partial charge in [-0.1, -0.05) is 42.2 Å². The number of hydrogen-bond donors (Lipinski definition) is 0. The third-order valence-electron chi connectivity index (χ3n) is 6.62. The second-order valence-electron chi connectivity index (χ2n) is 8.89. The highest BCUT2D eigenvalue weighted by molar-refractivity contribution is 5.85. The van der Waals surface area contributed by atoms with E-state index in [-0.39, 0.29) is 11.1 Å². The molecule has 1 aliphatic carbocycles. The molecule has 3 aromatic rings. The number of fused-ring (bicyclic) bond motifs is 1. The van der Waals surface area contributed by atoms with Gasteiger partial charge < -0.3 is 4.74 Å². The van der Waals surface area contributed by atoms with Gasteiger partial charge in [0.25, 0.3) is 0 Å². The molecule has 1 saturated carbocycles. The first-order chi connectivity index (χ1) is 16.9. The maximum atomic E-state index is 15.1. The van der Waals surface area contributed by atoms with E-state index in [2.05, 4.69) is 23.2 Å². The van der Waals surface area contributed by atoms with Crippen molar-refractivity contribution in [3.8, 4) is 17.6 Å². The van der Waals surface area contributed by atoms with Crippen LogP contribution in [-0.4, -0.2) is 6.61 Å².